The van der Waals surface area contributed by atoms with E-state index in [-0.39, 0.29) is 11.5 Å². The van der Waals surface area contributed by atoms with Gasteiger partial charge in [-0.1, -0.05) is 58.3 Å². The van der Waals surface area contributed by atoms with Gasteiger partial charge in [-0.15, -0.1) is 0 Å². The van der Waals surface area contributed by atoms with Gasteiger partial charge in [0.05, 0.1) is 18.8 Å². The fraction of sp³-hybridized carbons (Fsp3) is 0.536. The minimum Gasteiger partial charge on any atom is -0.493 e. The molecule has 0 aromatic heterocycles. The largest absolute Gasteiger partial charge is 0.493 e. The van der Waals surface area contributed by atoms with Crippen LogP contribution in [0.5, 0.6) is 17.2 Å². The molecule has 6 heteroatoms. The van der Waals surface area contributed by atoms with Crippen molar-refractivity contribution in [2.24, 2.45) is 5.92 Å². The van der Waals surface area contributed by atoms with E-state index in [0.29, 0.717) is 24.9 Å². The van der Waals surface area contributed by atoms with E-state index in [2.05, 4.69) is 6.92 Å². The average Bonchev–Trinajstić information content (AvgIpc) is 2.86. The Morgan fingerprint density at radius 2 is 1.50 bits per heavy atom. The van der Waals surface area contributed by atoms with Crippen LogP contribution in [0.1, 0.15) is 87.9 Å². The Hall–Kier alpha value is -2.63. The summed E-state index contributed by atoms with van der Waals surface area (Å²) in [4.78, 5) is 12.4. The number of carbonyl (C=O) groups excluding carboxylic acids is 1. The van der Waals surface area contributed by atoms with E-state index in [1.54, 1.807) is 24.3 Å². The quantitative estimate of drug-likeness (QED) is 0.168. The zero-order valence-corrected chi connectivity index (χ0v) is 20.1. The molecule has 0 heterocycles. The second kappa shape index (κ2) is 13.9. The summed E-state index contributed by atoms with van der Waals surface area (Å²) < 4.78 is 45.3. The predicted molar refractivity (Wildman–Crippen MR) is 129 cm³/mol. The summed E-state index contributed by atoms with van der Waals surface area (Å²) in [6.45, 7) is 3.14. The maximum Gasteiger partial charge on any atom is 0.346 e. The molecular weight excluding hydrogens is 438 g/mol. The molecule has 2 aromatic rings. The number of benzene rings is 2. The number of rotatable bonds is 13. The van der Waals surface area contributed by atoms with Gasteiger partial charge in [-0.2, -0.15) is 4.39 Å². The lowest BCUT2D eigenvalue weighted by molar-refractivity contribution is 0.0728. The molecule has 4 nitrogen and oxygen atoms in total. The Morgan fingerprint density at radius 1 is 0.824 bits per heavy atom. The molecule has 0 saturated heterocycles. The van der Waals surface area contributed by atoms with Crippen LogP contribution >= 0.6 is 0 Å². The van der Waals surface area contributed by atoms with Gasteiger partial charge in [0.25, 0.3) is 0 Å². The number of esters is 1. The van der Waals surface area contributed by atoms with Crippen LogP contribution in [0.3, 0.4) is 0 Å². The monoisotopic (exact) mass is 474 g/mol. The number of unbranched alkanes of at least 4 members (excludes halogenated alkanes) is 5. The summed E-state index contributed by atoms with van der Waals surface area (Å²) in [5, 5.41) is 0. The van der Waals surface area contributed by atoms with Crippen molar-refractivity contribution in [1.29, 1.82) is 0 Å². The molecule has 0 aliphatic heterocycles. The van der Waals surface area contributed by atoms with Crippen molar-refractivity contribution in [2.75, 3.05) is 13.2 Å². The number of ether oxygens (including phenoxy) is 3. The van der Waals surface area contributed by atoms with Crippen LogP contribution in [-0.4, -0.2) is 19.2 Å². The first-order valence-corrected chi connectivity index (χ1v) is 12.6. The van der Waals surface area contributed by atoms with Gasteiger partial charge < -0.3 is 14.2 Å². The van der Waals surface area contributed by atoms with E-state index in [0.717, 1.165) is 19.3 Å². The van der Waals surface area contributed by atoms with Gasteiger partial charge in [0.1, 0.15) is 11.5 Å². The molecule has 0 N–H and O–H groups in total. The highest BCUT2D eigenvalue weighted by Gasteiger charge is 2.21. The second-order valence-electron chi connectivity index (χ2n) is 9.03. The third-order valence-electron chi connectivity index (χ3n) is 6.27. The van der Waals surface area contributed by atoms with Crippen LogP contribution in [0, 0.1) is 17.6 Å². The fourth-order valence-electron chi connectivity index (χ4n) is 4.20. The fourth-order valence-corrected chi connectivity index (χ4v) is 4.20. The molecule has 0 spiro atoms. The molecule has 0 bridgehead atoms. The Bertz CT molecular complexity index is 892. The number of halogens is 2. The lowest BCUT2D eigenvalue weighted by Crippen LogP contribution is -2.15. The van der Waals surface area contributed by atoms with Gasteiger partial charge >= 0.3 is 5.97 Å². The minimum atomic E-state index is -1.27. The molecule has 1 aliphatic carbocycles. The minimum absolute atomic E-state index is 0.193. The third kappa shape index (κ3) is 8.00. The predicted octanol–water partition coefficient (Wildman–Crippen LogP) is 7.88. The van der Waals surface area contributed by atoms with E-state index < -0.39 is 23.2 Å². The van der Waals surface area contributed by atoms with E-state index in [4.69, 9.17) is 14.2 Å². The summed E-state index contributed by atoms with van der Waals surface area (Å²) >= 11 is 0. The van der Waals surface area contributed by atoms with Gasteiger partial charge in [0, 0.05) is 0 Å². The van der Waals surface area contributed by atoms with Crippen LogP contribution in [0.15, 0.2) is 36.4 Å². The van der Waals surface area contributed by atoms with Crippen molar-refractivity contribution in [3.05, 3.63) is 53.6 Å². The number of hydrogen-bond donors (Lipinski definition) is 0. The highest BCUT2D eigenvalue weighted by atomic mass is 19.2. The summed E-state index contributed by atoms with van der Waals surface area (Å²) in [5.41, 5.74) is -0.470. The van der Waals surface area contributed by atoms with Crippen molar-refractivity contribution in [3.63, 3.8) is 0 Å². The third-order valence-corrected chi connectivity index (χ3v) is 6.27. The van der Waals surface area contributed by atoms with E-state index >= 15 is 0 Å². The second-order valence-corrected chi connectivity index (χ2v) is 9.03. The maximum absolute atomic E-state index is 14.5. The van der Waals surface area contributed by atoms with Gasteiger partial charge in [0.15, 0.2) is 11.6 Å². The van der Waals surface area contributed by atoms with Crippen molar-refractivity contribution >= 4 is 5.97 Å². The summed E-state index contributed by atoms with van der Waals surface area (Å²) in [6, 6.07) is 9.05. The van der Waals surface area contributed by atoms with Crippen LogP contribution < -0.4 is 14.2 Å². The van der Waals surface area contributed by atoms with Crippen LogP contribution in [0.4, 0.5) is 8.78 Å². The smallest absolute Gasteiger partial charge is 0.346 e. The van der Waals surface area contributed by atoms with Crippen molar-refractivity contribution < 1.29 is 27.8 Å². The van der Waals surface area contributed by atoms with Gasteiger partial charge in [-0.25, -0.2) is 9.18 Å². The lowest BCUT2D eigenvalue weighted by atomic mass is 9.90. The zero-order chi connectivity index (χ0) is 24.2. The average molecular weight is 475 g/mol. The van der Waals surface area contributed by atoms with Crippen molar-refractivity contribution in [2.45, 2.75) is 77.6 Å². The van der Waals surface area contributed by atoms with E-state index in [1.807, 2.05) is 0 Å². The number of hydrogen-bond acceptors (Lipinski definition) is 4. The molecule has 0 radical (unpaired) electrons. The van der Waals surface area contributed by atoms with Crippen LogP contribution in [0.2, 0.25) is 0 Å². The molecule has 0 amide bonds. The molecule has 3 rings (SSSR count). The van der Waals surface area contributed by atoms with Crippen LogP contribution in [0.25, 0.3) is 0 Å². The highest BCUT2D eigenvalue weighted by molar-refractivity contribution is 5.91. The first-order valence-electron chi connectivity index (χ1n) is 12.6. The van der Waals surface area contributed by atoms with Gasteiger partial charge in [-0.05, 0) is 61.6 Å². The standard InChI is InChI=1S/C28H36F2O4/c1-2-3-4-5-6-10-19-32-25-18-17-24(26(29)27(25)30)28(31)34-23-15-13-22(14-16-23)33-20-21-11-8-7-9-12-21/h13-18,21H,2-12,19-20H2,1H3. The van der Waals surface area contributed by atoms with Crippen molar-refractivity contribution in [1.82, 2.24) is 0 Å². The molecule has 186 valence electrons. The molecule has 1 fully saturated rings. The first kappa shape index (κ1) is 26.0. The molecule has 1 saturated carbocycles. The summed E-state index contributed by atoms with van der Waals surface area (Å²) in [7, 11) is 0. The molecule has 0 unspecified atom stereocenters. The van der Waals surface area contributed by atoms with Crippen molar-refractivity contribution in [3.8, 4) is 17.2 Å². The normalized spacial score (nSPS) is 14.1. The Labute approximate surface area is 201 Å². The molecule has 2 aromatic carbocycles. The highest BCUT2D eigenvalue weighted by Crippen LogP contribution is 2.27. The Kier molecular flexibility index (Phi) is 10.6. The van der Waals surface area contributed by atoms with E-state index in [1.165, 1.54) is 63.5 Å². The Morgan fingerprint density at radius 3 is 2.24 bits per heavy atom. The van der Waals surface area contributed by atoms with Crippen LogP contribution in [-0.2, 0) is 0 Å². The van der Waals surface area contributed by atoms with E-state index in [9.17, 15) is 13.6 Å². The lowest BCUT2D eigenvalue weighted by Gasteiger charge is -2.21. The first-order chi connectivity index (χ1) is 16.6. The molecule has 0 atom stereocenters. The zero-order valence-electron chi connectivity index (χ0n) is 20.1. The molecule has 34 heavy (non-hydrogen) atoms. The topological polar surface area (TPSA) is 44.8 Å². The maximum atomic E-state index is 14.5. The van der Waals surface area contributed by atoms with Gasteiger partial charge in [0.2, 0.25) is 5.82 Å². The number of carbonyl (C=O) groups is 1. The molecular formula is C28H36F2O4. The SMILES string of the molecule is CCCCCCCCOc1ccc(C(=O)Oc2ccc(OCC3CCCCC3)cc2)c(F)c1F. The summed E-state index contributed by atoms with van der Waals surface area (Å²) in [6.07, 6.45) is 12.6. The van der Waals surface area contributed by atoms with Gasteiger partial charge in [-0.3, -0.25) is 0 Å². The molecule has 1 aliphatic rings. The Balaban J connectivity index is 1.47. The summed E-state index contributed by atoms with van der Waals surface area (Å²) in [5.74, 6) is -2.09.